The second-order valence-corrected chi connectivity index (χ2v) is 5.50. The van der Waals surface area contributed by atoms with Crippen LogP contribution in [0.25, 0.3) is 0 Å². The predicted octanol–water partition coefficient (Wildman–Crippen LogP) is 2.01. The Labute approximate surface area is 124 Å². The Hall–Kier alpha value is -1.88. The van der Waals surface area contributed by atoms with Gasteiger partial charge in [0.25, 0.3) is 5.91 Å². The van der Waals surface area contributed by atoms with E-state index >= 15 is 0 Å². The molecule has 1 fully saturated rings. The number of aryl methyl sites for hydroxylation is 2. The summed E-state index contributed by atoms with van der Waals surface area (Å²) in [5.41, 5.74) is 3.00. The molecule has 1 aliphatic rings. The van der Waals surface area contributed by atoms with Gasteiger partial charge in [-0.1, -0.05) is 6.07 Å². The molecule has 1 saturated heterocycles. The molecule has 1 heterocycles. The number of aliphatic carboxylic acids is 1. The summed E-state index contributed by atoms with van der Waals surface area (Å²) in [4.78, 5) is 24.7. The van der Waals surface area contributed by atoms with E-state index in [2.05, 4.69) is 0 Å². The minimum absolute atomic E-state index is 0.0368. The zero-order valence-electron chi connectivity index (χ0n) is 12.5. The third-order valence-corrected chi connectivity index (χ3v) is 3.93. The number of ether oxygens (including phenoxy) is 1. The van der Waals surface area contributed by atoms with Gasteiger partial charge in [-0.05, 0) is 49.9 Å². The van der Waals surface area contributed by atoms with Crippen LogP contribution in [0.5, 0.6) is 0 Å². The van der Waals surface area contributed by atoms with Crippen molar-refractivity contribution in [3.8, 4) is 0 Å². The van der Waals surface area contributed by atoms with Crippen LogP contribution in [0.1, 0.15) is 34.3 Å². The molecule has 0 atom stereocenters. The molecule has 1 aliphatic heterocycles. The molecule has 1 aromatic rings. The standard InChI is InChI=1S/C16H21NO4/c1-11-3-4-13(9-12(11)2)16(20)17-7-5-14(6-8-17)21-10-15(18)19/h3-4,9,14H,5-8,10H2,1-2H3,(H,18,19). The maximum Gasteiger partial charge on any atom is 0.329 e. The van der Waals surface area contributed by atoms with Crippen LogP contribution in [0.4, 0.5) is 0 Å². The average molecular weight is 291 g/mol. The number of rotatable bonds is 4. The van der Waals surface area contributed by atoms with Crippen molar-refractivity contribution in [2.24, 2.45) is 0 Å². The zero-order valence-corrected chi connectivity index (χ0v) is 12.5. The molecule has 114 valence electrons. The number of amides is 1. The van der Waals surface area contributed by atoms with Crippen molar-refractivity contribution in [2.75, 3.05) is 19.7 Å². The van der Waals surface area contributed by atoms with Crippen LogP contribution in [0.2, 0.25) is 0 Å². The summed E-state index contributed by atoms with van der Waals surface area (Å²) >= 11 is 0. The molecule has 21 heavy (non-hydrogen) atoms. The number of piperidine rings is 1. The van der Waals surface area contributed by atoms with Crippen molar-refractivity contribution in [3.63, 3.8) is 0 Å². The Morgan fingerprint density at radius 3 is 2.48 bits per heavy atom. The minimum atomic E-state index is -0.955. The number of carboxylic acid groups (broad SMARTS) is 1. The number of benzene rings is 1. The van der Waals surface area contributed by atoms with Crippen LogP contribution in [0.15, 0.2) is 18.2 Å². The highest BCUT2D eigenvalue weighted by atomic mass is 16.5. The average Bonchev–Trinajstić information content (AvgIpc) is 2.48. The number of carboxylic acids is 1. The lowest BCUT2D eigenvalue weighted by Gasteiger charge is -2.31. The second kappa shape index (κ2) is 6.72. The van der Waals surface area contributed by atoms with E-state index in [4.69, 9.17) is 9.84 Å². The van der Waals surface area contributed by atoms with Gasteiger partial charge in [-0.3, -0.25) is 4.79 Å². The number of carbonyl (C=O) groups is 2. The Bertz CT molecular complexity index is 533. The summed E-state index contributed by atoms with van der Waals surface area (Å²) in [6.45, 7) is 4.97. The molecule has 1 N–H and O–H groups in total. The van der Waals surface area contributed by atoms with Gasteiger partial charge in [-0.15, -0.1) is 0 Å². The summed E-state index contributed by atoms with van der Waals surface area (Å²) < 4.78 is 5.28. The van der Waals surface area contributed by atoms with Gasteiger partial charge < -0.3 is 14.7 Å². The van der Waals surface area contributed by atoms with E-state index in [1.807, 2.05) is 36.9 Å². The molecule has 2 rings (SSSR count). The number of likely N-dealkylation sites (tertiary alicyclic amines) is 1. The van der Waals surface area contributed by atoms with Crippen LogP contribution in [-0.2, 0) is 9.53 Å². The molecule has 1 amide bonds. The highest BCUT2D eigenvalue weighted by Gasteiger charge is 2.24. The second-order valence-electron chi connectivity index (χ2n) is 5.50. The van der Waals surface area contributed by atoms with E-state index in [0.29, 0.717) is 31.5 Å². The molecule has 5 nitrogen and oxygen atoms in total. The molecular formula is C16H21NO4. The van der Waals surface area contributed by atoms with Crippen molar-refractivity contribution in [1.82, 2.24) is 4.90 Å². The molecule has 0 saturated carbocycles. The van der Waals surface area contributed by atoms with Crippen molar-refractivity contribution in [1.29, 1.82) is 0 Å². The fraction of sp³-hybridized carbons (Fsp3) is 0.500. The maximum atomic E-state index is 12.4. The summed E-state index contributed by atoms with van der Waals surface area (Å²) in [5.74, 6) is -0.918. The third kappa shape index (κ3) is 4.04. The van der Waals surface area contributed by atoms with Crippen LogP contribution in [-0.4, -0.2) is 47.7 Å². The molecule has 5 heteroatoms. The highest BCUT2D eigenvalue weighted by molar-refractivity contribution is 5.94. The number of carbonyl (C=O) groups excluding carboxylic acids is 1. The van der Waals surface area contributed by atoms with Gasteiger partial charge in [-0.2, -0.15) is 0 Å². The first-order chi connectivity index (χ1) is 9.97. The summed E-state index contributed by atoms with van der Waals surface area (Å²) in [6.07, 6.45) is 1.30. The molecule has 0 radical (unpaired) electrons. The predicted molar refractivity (Wildman–Crippen MR) is 78.4 cm³/mol. The Kier molecular flexibility index (Phi) is 4.96. The van der Waals surface area contributed by atoms with E-state index in [-0.39, 0.29) is 18.6 Å². The number of nitrogens with zero attached hydrogens (tertiary/aromatic N) is 1. The lowest BCUT2D eigenvalue weighted by atomic mass is 10.0. The summed E-state index contributed by atoms with van der Waals surface area (Å²) in [6, 6.07) is 5.74. The lowest BCUT2D eigenvalue weighted by Crippen LogP contribution is -2.41. The smallest absolute Gasteiger partial charge is 0.329 e. The van der Waals surface area contributed by atoms with E-state index in [1.54, 1.807) is 0 Å². The molecule has 1 aromatic carbocycles. The first kappa shape index (κ1) is 15.5. The van der Waals surface area contributed by atoms with Crippen molar-refractivity contribution < 1.29 is 19.4 Å². The van der Waals surface area contributed by atoms with Gasteiger partial charge in [0, 0.05) is 18.7 Å². The number of hydrogen-bond acceptors (Lipinski definition) is 3. The van der Waals surface area contributed by atoms with E-state index in [0.717, 1.165) is 5.56 Å². The molecule has 0 bridgehead atoms. The Balaban J connectivity index is 1.90. The van der Waals surface area contributed by atoms with Crippen LogP contribution in [0, 0.1) is 13.8 Å². The summed E-state index contributed by atoms with van der Waals surface area (Å²) in [7, 11) is 0. The maximum absolute atomic E-state index is 12.4. The first-order valence-corrected chi connectivity index (χ1v) is 7.17. The van der Waals surface area contributed by atoms with Gasteiger partial charge in [0.2, 0.25) is 0 Å². The van der Waals surface area contributed by atoms with Crippen molar-refractivity contribution in [3.05, 3.63) is 34.9 Å². The van der Waals surface area contributed by atoms with Gasteiger partial charge >= 0.3 is 5.97 Å². The van der Waals surface area contributed by atoms with E-state index < -0.39 is 5.97 Å². The van der Waals surface area contributed by atoms with E-state index in [9.17, 15) is 9.59 Å². The van der Waals surface area contributed by atoms with Gasteiger partial charge in [0.15, 0.2) is 0 Å². The van der Waals surface area contributed by atoms with Crippen molar-refractivity contribution >= 4 is 11.9 Å². The fourth-order valence-corrected chi connectivity index (χ4v) is 2.47. The molecule has 0 aliphatic carbocycles. The minimum Gasteiger partial charge on any atom is -0.480 e. The molecule has 0 spiro atoms. The van der Waals surface area contributed by atoms with Gasteiger partial charge in [0.1, 0.15) is 6.61 Å². The fourth-order valence-electron chi connectivity index (χ4n) is 2.47. The third-order valence-electron chi connectivity index (χ3n) is 3.93. The largest absolute Gasteiger partial charge is 0.480 e. The van der Waals surface area contributed by atoms with Crippen LogP contribution >= 0.6 is 0 Å². The SMILES string of the molecule is Cc1ccc(C(=O)N2CCC(OCC(=O)O)CC2)cc1C. The first-order valence-electron chi connectivity index (χ1n) is 7.17. The Morgan fingerprint density at radius 1 is 1.24 bits per heavy atom. The van der Waals surface area contributed by atoms with Crippen LogP contribution < -0.4 is 0 Å². The monoisotopic (exact) mass is 291 g/mol. The van der Waals surface area contributed by atoms with Gasteiger partial charge in [-0.25, -0.2) is 4.79 Å². The molecule has 0 unspecified atom stereocenters. The summed E-state index contributed by atoms with van der Waals surface area (Å²) in [5, 5.41) is 8.59. The zero-order chi connectivity index (χ0) is 15.4. The molecule has 0 aromatic heterocycles. The molecular weight excluding hydrogens is 270 g/mol. The van der Waals surface area contributed by atoms with Crippen molar-refractivity contribution in [2.45, 2.75) is 32.8 Å². The number of hydrogen-bond donors (Lipinski definition) is 1. The lowest BCUT2D eigenvalue weighted by molar-refractivity contribution is -0.145. The van der Waals surface area contributed by atoms with Crippen LogP contribution in [0.3, 0.4) is 0 Å². The van der Waals surface area contributed by atoms with Gasteiger partial charge in [0.05, 0.1) is 6.10 Å². The Morgan fingerprint density at radius 2 is 1.90 bits per heavy atom. The quantitative estimate of drug-likeness (QED) is 0.921. The topological polar surface area (TPSA) is 66.8 Å². The highest BCUT2D eigenvalue weighted by Crippen LogP contribution is 2.18. The normalized spacial score (nSPS) is 16.0. The van der Waals surface area contributed by atoms with E-state index in [1.165, 1.54) is 5.56 Å².